The van der Waals surface area contributed by atoms with Crippen LogP contribution in [0.15, 0.2) is 72.8 Å². The molecule has 2 fully saturated rings. The molecule has 2 aliphatic heterocycles. The molecule has 10 nitrogen and oxygen atoms in total. The molecule has 2 heterocycles. The van der Waals surface area contributed by atoms with Gasteiger partial charge in [-0.1, -0.05) is 56.3 Å². The number of ketones is 2. The minimum Gasteiger partial charge on any atom is -0.465 e. The van der Waals surface area contributed by atoms with Crippen molar-refractivity contribution in [3.05, 3.63) is 101 Å². The van der Waals surface area contributed by atoms with Crippen LogP contribution in [-0.4, -0.2) is 58.3 Å². The number of aryl methyl sites for hydroxylation is 1. The van der Waals surface area contributed by atoms with Crippen LogP contribution in [0.5, 0.6) is 0 Å². The lowest BCUT2D eigenvalue weighted by Crippen LogP contribution is -2.64. The number of hydrogen-bond donors (Lipinski definition) is 1. The molecule has 0 aromatic heterocycles. The molecule has 3 amide bonds. The zero-order valence-corrected chi connectivity index (χ0v) is 29.7. The third kappa shape index (κ3) is 6.24. The van der Waals surface area contributed by atoms with E-state index in [2.05, 4.69) is 0 Å². The molecule has 6 rings (SSSR count). The first-order valence-electron chi connectivity index (χ1n) is 17.3. The summed E-state index contributed by atoms with van der Waals surface area (Å²) in [5.41, 5.74) is -6.17. The molecule has 1 saturated carbocycles. The minimum atomic E-state index is -5.22. The molecule has 3 unspecified atom stereocenters. The number of alkyl halides is 3. The Morgan fingerprint density at radius 3 is 1.94 bits per heavy atom. The topological polar surface area (TPSA) is 138 Å². The van der Waals surface area contributed by atoms with Crippen molar-refractivity contribution in [1.82, 2.24) is 5.06 Å². The minimum absolute atomic E-state index is 0.0311. The maximum atomic E-state index is 14.6. The molecule has 1 N–H and O–H groups in total. The van der Waals surface area contributed by atoms with E-state index in [0.717, 1.165) is 22.6 Å². The van der Waals surface area contributed by atoms with Gasteiger partial charge in [0.25, 0.3) is 5.91 Å². The summed E-state index contributed by atoms with van der Waals surface area (Å²) in [7, 11) is 0. The average Bonchev–Trinajstić information content (AvgIpc) is 3.32. The molecule has 2 bridgehead atoms. The van der Waals surface area contributed by atoms with Gasteiger partial charge in [-0.2, -0.15) is 18.2 Å². The molecule has 3 atom stereocenters. The SMILES string of the molecule is CC(=O)c1ccc(CCCOC(=O)C2(C)CC3(C)CC(C)(C2)C(=O)N(c2ccc(C(=O)CC4(C(F)(F)F)c5ccccc5C(=O)N4O)cc2)C3=O)cc1. The third-order valence-electron chi connectivity index (χ3n) is 11.0. The number of anilines is 1. The normalized spacial score (nSPS) is 26.8. The zero-order chi connectivity index (χ0) is 38.7. The van der Waals surface area contributed by atoms with Crippen molar-refractivity contribution < 1.29 is 51.9 Å². The van der Waals surface area contributed by atoms with Crippen molar-refractivity contribution in [1.29, 1.82) is 0 Å². The fraction of sp³-hybridized carbons (Fsp3) is 0.400. The maximum Gasteiger partial charge on any atom is 0.418 e. The number of piperidine rings is 1. The van der Waals surface area contributed by atoms with Crippen LogP contribution in [0.25, 0.3) is 0 Å². The van der Waals surface area contributed by atoms with Crippen molar-refractivity contribution in [2.75, 3.05) is 11.5 Å². The van der Waals surface area contributed by atoms with Gasteiger partial charge in [-0.05, 0) is 81.8 Å². The van der Waals surface area contributed by atoms with E-state index >= 15 is 0 Å². The highest BCUT2D eigenvalue weighted by Gasteiger charge is 2.67. The van der Waals surface area contributed by atoms with Gasteiger partial charge in [-0.15, -0.1) is 0 Å². The van der Waals surface area contributed by atoms with Crippen LogP contribution in [0.3, 0.4) is 0 Å². The second-order valence-corrected chi connectivity index (χ2v) is 15.3. The van der Waals surface area contributed by atoms with E-state index in [-0.39, 0.29) is 48.5 Å². The number of rotatable bonds is 10. The van der Waals surface area contributed by atoms with Crippen LogP contribution in [0.4, 0.5) is 18.9 Å². The van der Waals surface area contributed by atoms with Crippen LogP contribution >= 0.6 is 0 Å². The lowest BCUT2D eigenvalue weighted by molar-refractivity contribution is -0.281. The summed E-state index contributed by atoms with van der Waals surface area (Å²) in [4.78, 5) is 80.1. The van der Waals surface area contributed by atoms with Crippen LogP contribution < -0.4 is 4.90 Å². The van der Waals surface area contributed by atoms with Gasteiger partial charge in [-0.25, -0.2) is 4.90 Å². The number of imide groups is 1. The summed E-state index contributed by atoms with van der Waals surface area (Å²) in [6.07, 6.45) is -4.97. The lowest BCUT2D eigenvalue weighted by atomic mass is 9.51. The first-order chi connectivity index (χ1) is 24.8. The maximum absolute atomic E-state index is 14.6. The predicted molar refractivity (Wildman–Crippen MR) is 184 cm³/mol. The summed E-state index contributed by atoms with van der Waals surface area (Å²) in [6.45, 7) is 6.69. The molecule has 3 aromatic rings. The number of esters is 1. The molecule has 1 saturated heterocycles. The molecule has 13 heteroatoms. The number of benzene rings is 3. The van der Waals surface area contributed by atoms with Gasteiger partial charge in [0.2, 0.25) is 11.8 Å². The van der Waals surface area contributed by atoms with E-state index in [1.807, 2.05) is 12.1 Å². The highest BCUT2D eigenvalue weighted by Crippen LogP contribution is 2.59. The molecule has 53 heavy (non-hydrogen) atoms. The number of amides is 3. The zero-order valence-electron chi connectivity index (χ0n) is 29.7. The predicted octanol–water partition coefficient (Wildman–Crippen LogP) is 7.02. The molecular formula is C40H39F3N2O8. The summed E-state index contributed by atoms with van der Waals surface area (Å²) in [5.74, 6) is -3.97. The van der Waals surface area contributed by atoms with Gasteiger partial charge in [0.1, 0.15) is 0 Å². The summed E-state index contributed by atoms with van der Waals surface area (Å²) in [5, 5.41) is 10.0. The van der Waals surface area contributed by atoms with Gasteiger partial charge < -0.3 is 4.74 Å². The molecule has 3 aromatic carbocycles. The van der Waals surface area contributed by atoms with Crippen molar-refractivity contribution in [2.45, 2.75) is 77.9 Å². The van der Waals surface area contributed by atoms with Gasteiger partial charge in [0.15, 0.2) is 17.1 Å². The first kappa shape index (κ1) is 37.6. The first-order valence-corrected chi connectivity index (χ1v) is 17.3. The number of fused-ring (bicyclic) bond motifs is 3. The van der Waals surface area contributed by atoms with E-state index in [1.165, 1.54) is 43.3 Å². The fourth-order valence-corrected chi connectivity index (χ4v) is 8.71. The second-order valence-electron chi connectivity index (χ2n) is 15.3. The highest BCUT2D eigenvalue weighted by atomic mass is 19.4. The Balaban J connectivity index is 1.16. The number of hydrogen-bond acceptors (Lipinski definition) is 8. The van der Waals surface area contributed by atoms with Crippen LogP contribution in [0.1, 0.15) is 102 Å². The standard InChI is InChI=1S/C40H39F3N2O8/c1-24(46)26-13-11-25(12-14-26)8-7-19-53-35(51)38(4)22-36(2)21-37(3,23-38)34(50)44(33(36)49)28-17-15-27(16-18-28)31(47)20-39(40(41,42)43)30-10-6-5-9-29(30)32(48)45(39)52/h5-6,9-18,52H,7-8,19-23H2,1-4H3. The Kier molecular flexibility index (Phi) is 9.25. The Hall–Kier alpha value is -5.17. The van der Waals surface area contributed by atoms with Crippen molar-refractivity contribution in [3.63, 3.8) is 0 Å². The van der Waals surface area contributed by atoms with Crippen molar-refractivity contribution in [3.8, 4) is 0 Å². The van der Waals surface area contributed by atoms with Crippen LogP contribution in [0, 0.1) is 16.2 Å². The van der Waals surface area contributed by atoms with E-state index in [4.69, 9.17) is 4.74 Å². The molecule has 1 aliphatic carbocycles. The monoisotopic (exact) mass is 732 g/mol. The summed E-state index contributed by atoms with van der Waals surface area (Å²) < 4.78 is 49.6. The largest absolute Gasteiger partial charge is 0.465 e. The van der Waals surface area contributed by atoms with Crippen molar-refractivity contribution in [2.24, 2.45) is 16.2 Å². The number of Topliss-reactive ketones (excluding diaryl/α,β-unsaturated/α-hetero) is 2. The lowest BCUT2D eigenvalue weighted by Gasteiger charge is -2.55. The molecular weight excluding hydrogens is 693 g/mol. The Morgan fingerprint density at radius 2 is 1.38 bits per heavy atom. The van der Waals surface area contributed by atoms with Gasteiger partial charge >= 0.3 is 12.1 Å². The Morgan fingerprint density at radius 1 is 0.811 bits per heavy atom. The van der Waals surface area contributed by atoms with Crippen LogP contribution in [-0.2, 0) is 31.1 Å². The van der Waals surface area contributed by atoms with Crippen LogP contribution in [0.2, 0.25) is 0 Å². The number of ether oxygens (including phenoxy) is 1. The molecule has 0 spiro atoms. The number of carbonyl (C=O) groups excluding carboxylic acids is 6. The van der Waals surface area contributed by atoms with Gasteiger partial charge in [0, 0.05) is 33.1 Å². The smallest absolute Gasteiger partial charge is 0.418 e. The van der Waals surface area contributed by atoms with Gasteiger partial charge in [0.05, 0.1) is 24.1 Å². The number of nitrogens with zero attached hydrogens (tertiary/aromatic N) is 2. The molecule has 3 aliphatic rings. The van der Waals surface area contributed by atoms with Crippen molar-refractivity contribution >= 4 is 40.9 Å². The average molecular weight is 733 g/mol. The van der Waals surface area contributed by atoms with E-state index in [9.17, 15) is 47.1 Å². The quantitative estimate of drug-likeness (QED) is 0.0772. The van der Waals surface area contributed by atoms with E-state index in [0.29, 0.717) is 18.4 Å². The Bertz CT molecular complexity index is 2000. The number of halogens is 3. The van der Waals surface area contributed by atoms with E-state index in [1.54, 1.807) is 32.9 Å². The number of hydroxylamine groups is 2. The number of carbonyl (C=O) groups is 6. The Labute approximate surface area is 303 Å². The van der Waals surface area contributed by atoms with Gasteiger partial charge in [-0.3, -0.25) is 34.0 Å². The second kappa shape index (κ2) is 13.0. The summed E-state index contributed by atoms with van der Waals surface area (Å²) in [6, 6.07) is 17.0. The highest BCUT2D eigenvalue weighted by molar-refractivity contribution is 6.21. The van der Waals surface area contributed by atoms with E-state index < -0.39 is 74.5 Å². The molecule has 278 valence electrons. The molecule has 0 radical (unpaired) electrons. The third-order valence-corrected chi connectivity index (χ3v) is 11.0. The fourth-order valence-electron chi connectivity index (χ4n) is 8.71. The summed E-state index contributed by atoms with van der Waals surface area (Å²) >= 11 is 0.